The normalized spacial score (nSPS) is 17.1. The van der Waals surface area contributed by atoms with Crippen LogP contribution in [0.15, 0.2) is 170 Å². The van der Waals surface area contributed by atoms with Crippen LogP contribution in [0.25, 0.3) is 43.1 Å². The first kappa shape index (κ1) is 32.9. The zero-order valence-electron chi connectivity index (χ0n) is 30.0. The molecular weight excluding hydrogens is 653 g/mol. The lowest BCUT2D eigenvalue weighted by Gasteiger charge is -2.40. The Morgan fingerprint density at radius 3 is 0.885 bits per heavy atom. The zero-order valence-corrected chi connectivity index (χ0v) is 30.8. The Hall–Kier alpha value is -4.93. The molecule has 0 radical (unpaired) electrons. The fourth-order valence-corrected chi connectivity index (χ4v) is 12.5. The molecule has 1 fully saturated rings. The molecule has 0 amide bonds. The largest absolute Gasteiger partial charge is 0.363 e. The van der Waals surface area contributed by atoms with E-state index in [1.807, 2.05) is 14.2 Å². The van der Waals surface area contributed by atoms with E-state index >= 15 is 0 Å². The van der Waals surface area contributed by atoms with E-state index in [4.69, 9.17) is 9.47 Å². The van der Waals surface area contributed by atoms with Gasteiger partial charge >= 0.3 is 0 Å². The quantitative estimate of drug-likeness (QED) is 0.147. The van der Waals surface area contributed by atoms with Crippen LogP contribution >= 0.6 is 0 Å². The van der Waals surface area contributed by atoms with Crippen molar-refractivity contribution in [3.8, 4) is 0 Å². The molecule has 0 aromatic heterocycles. The van der Waals surface area contributed by atoms with Crippen LogP contribution in [0.1, 0.15) is 35.1 Å². The molecule has 2 nitrogen and oxygen atoms in total. The third-order valence-electron chi connectivity index (χ3n) is 11.9. The second-order valence-electron chi connectivity index (χ2n) is 14.3. The van der Waals surface area contributed by atoms with Gasteiger partial charge in [0, 0.05) is 27.1 Å². The van der Waals surface area contributed by atoms with E-state index in [9.17, 15) is 0 Å². The average Bonchev–Trinajstić information content (AvgIpc) is 3.59. The van der Waals surface area contributed by atoms with Gasteiger partial charge in [-0.3, -0.25) is 0 Å². The van der Waals surface area contributed by atoms with E-state index < -0.39 is 11.2 Å². The van der Waals surface area contributed by atoms with E-state index in [1.54, 1.807) is 0 Å². The highest BCUT2D eigenvalue weighted by Gasteiger charge is 2.63. The molecule has 3 heteroatoms. The van der Waals surface area contributed by atoms with Crippen LogP contribution in [-0.2, 0) is 31.6 Å². The van der Waals surface area contributed by atoms with Crippen molar-refractivity contribution in [2.24, 2.45) is 0 Å². The summed E-state index contributed by atoms with van der Waals surface area (Å²) in [5, 5.41) is 10.2. The van der Waals surface area contributed by atoms with Crippen LogP contribution in [0.3, 0.4) is 0 Å². The van der Waals surface area contributed by atoms with Crippen LogP contribution < -0.4 is 0 Å². The van der Waals surface area contributed by atoms with Gasteiger partial charge in [0.05, 0.1) is 6.26 Å². The molecule has 2 atom stereocenters. The topological polar surface area (TPSA) is 18.5 Å². The van der Waals surface area contributed by atoms with Gasteiger partial charge in [0.15, 0.2) is 21.7 Å². The molecule has 1 aliphatic rings. The zero-order chi connectivity index (χ0) is 35.3. The summed E-state index contributed by atoms with van der Waals surface area (Å²) in [6.07, 6.45) is 4.49. The van der Waals surface area contributed by atoms with Crippen LogP contribution in [0.4, 0.5) is 0 Å². The number of hydrogen-bond donors (Lipinski definition) is 0. The Labute approximate surface area is 309 Å². The molecule has 9 rings (SSSR count). The number of fused-ring (bicyclic) bond motifs is 4. The summed E-state index contributed by atoms with van der Waals surface area (Å²) in [5.74, 6) is 0. The van der Waals surface area contributed by atoms with Gasteiger partial charge in [0.2, 0.25) is 0 Å². The van der Waals surface area contributed by atoms with E-state index in [2.05, 4.69) is 176 Å². The van der Waals surface area contributed by atoms with E-state index in [0.717, 1.165) is 12.8 Å². The third-order valence-corrected chi connectivity index (χ3v) is 14.8. The molecule has 0 saturated carbocycles. The summed E-state index contributed by atoms with van der Waals surface area (Å²) in [6, 6.07) is 62.4. The van der Waals surface area contributed by atoms with E-state index in [0.29, 0.717) is 0 Å². The lowest BCUT2D eigenvalue weighted by atomic mass is 9.78. The van der Waals surface area contributed by atoms with Gasteiger partial charge in [-0.15, -0.1) is 0 Å². The van der Waals surface area contributed by atoms with Crippen molar-refractivity contribution < 1.29 is 9.47 Å². The second kappa shape index (κ2) is 13.2. The maximum Gasteiger partial charge on any atom is 0.165 e. The van der Waals surface area contributed by atoms with Gasteiger partial charge in [0.25, 0.3) is 0 Å². The molecule has 8 aromatic carbocycles. The SMILES string of the molecule is COC(c1ccc2ccccc2c1)(c1ccc2ccccc2c1)[C@H]1CC[C@H](C(OC)(c2ccc3ccccc3c2)c2ccc3ccccc3c2)[S+]1C. The minimum absolute atomic E-state index is 0.174. The van der Waals surface area contributed by atoms with Crippen molar-refractivity contribution in [1.29, 1.82) is 0 Å². The van der Waals surface area contributed by atoms with Gasteiger partial charge in [-0.05, 0) is 101 Å². The van der Waals surface area contributed by atoms with E-state index in [-0.39, 0.29) is 21.4 Å². The van der Waals surface area contributed by atoms with Crippen molar-refractivity contribution in [2.75, 3.05) is 20.5 Å². The Morgan fingerprint density at radius 1 is 0.385 bits per heavy atom. The molecule has 0 bridgehead atoms. The highest BCUT2D eigenvalue weighted by atomic mass is 32.2. The summed E-state index contributed by atoms with van der Waals surface area (Å²) < 4.78 is 14.1. The van der Waals surface area contributed by atoms with E-state index in [1.165, 1.54) is 65.3 Å². The van der Waals surface area contributed by atoms with Crippen molar-refractivity contribution in [1.82, 2.24) is 0 Å². The molecule has 0 spiro atoms. The Kier molecular flexibility index (Phi) is 8.39. The lowest BCUT2D eigenvalue weighted by molar-refractivity contribution is 0.0162. The van der Waals surface area contributed by atoms with Crippen LogP contribution in [0, 0.1) is 0 Å². The Bertz CT molecular complexity index is 2240. The molecule has 52 heavy (non-hydrogen) atoms. The summed E-state index contributed by atoms with van der Waals surface area (Å²) in [5.41, 5.74) is 3.46. The average molecular weight is 696 g/mol. The first-order valence-electron chi connectivity index (χ1n) is 18.3. The summed E-state index contributed by atoms with van der Waals surface area (Å²) in [7, 11) is 3.67. The van der Waals surface area contributed by atoms with Crippen LogP contribution in [0.2, 0.25) is 0 Å². The molecule has 1 aliphatic heterocycles. The fraction of sp³-hybridized carbons (Fsp3) is 0.184. The molecule has 0 N–H and O–H groups in total. The maximum absolute atomic E-state index is 7.05. The first-order chi connectivity index (χ1) is 25.5. The molecule has 0 unspecified atom stereocenters. The predicted molar refractivity (Wildman–Crippen MR) is 221 cm³/mol. The highest BCUT2D eigenvalue weighted by molar-refractivity contribution is 7.97. The minimum Gasteiger partial charge on any atom is -0.363 e. The number of hydrogen-bond acceptors (Lipinski definition) is 2. The third kappa shape index (κ3) is 5.17. The first-order valence-corrected chi connectivity index (χ1v) is 20.0. The van der Waals surface area contributed by atoms with Crippen molar-refractivity contribution in [3.05, 3.63) is 192 Å². The standard InChI is InChI=1S/C49H43O2S/c1-50-48(42-24-20-34-12-4-8-16-38(34)30-42,43-25-21-35-13-5-9-17-39(35)31-43)46-28-29-47(52(46)3)49(51-2,44-26-22-36-14-6-10-18-40(36)32-44)45-27-23-37-15-7-11-19-41(37)33-45/h4-27,30-33,46-47H,28-29H2,1-3H3/q+1/t46-,47-/m1/s1. The maximum atomic E-state index is 7.05. The molecular formula is C49H43O2S+. The van der Waals surface area contributed by atoms with Crippen LogP contribution in [-0.4, -0.2) is 31.0 Å². The monoisotopic (exact) mass is 695 g/mol. The number of ether oxygens (including phenoxy) is 2. The lowest BCUT2D eigenvalue weighted by Crippen LogP contribution is -2.50. The molecule has 256 valence electrons. The Balaban J connectivity index is 1.25. The van der Waals surface area contributed by atoms with Gasteiger partial charge in [-0.1, -0.05) is 146 Å². The van der Waals surface area contributed by atoms with Crippen molar-refractivity contribution >= 4 is 54.0 Å². The Morgan fingerprint density at radius 2 is 0.635 bits per heavy atom. The highest BCUT2D eigenvalue weighted by Crippen LogP contribution is 2.53. The summed E-state index contributed by atoms with van der Waals surface area (Å²) in [6.45, 7) is 0. The van der Waals surface area contributed by atoms with Gasteiger partial charge in [-0.25, -0.2) is 0 Å². The smallest absolute Gasteiger partial charge is 0.165 e. The van der Waals surface area contributed by atoms with Gasteiger partial charge in [-0.2, -0.15) is 0 Å². The summed E-state index contributed by atoms with van der Waals surface area (Å²) in [4.78, 5) is 0. The second-order valence-corrected chi connectivity index (χ2v) is 16.6. The van der Waals surface area contributed by atoms with Gasteiger partial charge < -0.3 is 9.47 Å². The summed E-state index contributed by atoms with van der Waals surface area (Å²) >= 11 is 0. The van der Waals surface area contributed by atoms with Crippen molar-refractivity contribution in [3.63, 3.8) is 0 Å². The fourth-order valence-electron chi connectivity index (χ4n) is 9.30. The van der Waals surface area contributed by atoms with Crippen molar-refractivity contribution in [2.45, 2.75) is 34.5 Å². The number of methoxy groups -OCH3 is 2. The molecule has 1 heterocycles. The predicted octanol–water partition coefficient (Wildman–Crippen LogP) is 11.6. The number of benzene rings is 8. The minimum atomic E-state index is -0.674. The molecule has 1 saturated heterocycles. The molecule has 0 aliphatic carbocycles. The van der Waals surface area contributed by atoms with Gasteiger partial charge in [0.1, 0.15) is 0 Å². The number of rotatable bonds is 8. The molecule has 8 aromatic rings. The van der Waals surface area contributed by atoms with Crippen LogP contribution in [0.5, 0.6) is 0 Å².